The average Bonchev–Trinajstić information content (AvgIpc) is 2.70. The molecule has 1 aliphatic rings. The molecule has 1 aromatic rings. The van der Waals surface area contributed by atoms with Gasteiger partial charge >= 0.3 is 0 Å². The topological polar surface area (TPSA) is 59.1 Å². The first kappa shape index (κ1) is 14.5. The molecule has 1 fully saturated rings. The van der Waals surface area contributed by atoms with E-state index in [9.17, 15) is 8.42 Å². The zero-order chi connectivity index (χ0) is 13.7. The maximum atomic E-state index is 11.5. The van der Waals surface area contributed by atoms with Crippen molar-refractivity contribution in [3.8, 4) is 0 Å². The molecule has 106 valence electrons. The Morgan fingerprint density at radius 1 is 1.47 bits per heavy atom. The van der Waals surface area contributed by atoms with Crippen molar-refractivity contribution in [1.29, 1.82) is 0 Å². The third kappa shape index (κ3) is 4.58. The van der Waals surface area contributed by atoms with Gasteiger partial charge in [-0.1, -0.05) is 13.0 Å². The summed E-state index contributed by atoms with van der Waals surface area (Å²) in [6, 6.07) is 6.24. The van der Waals surface area contributed by atoms with Crippen molar-refractivity contribution in [3.05, 3.63) is 30.1 Å². The lowest BCUT2D eigenvalue weighted by Gasteiger charge is -2.20. The number of hydrogen-bond donors (Lipinski definition) is 1. The molecule has 1 aromatic heterocycles. The summed E-state index contributed by atoms with van der Waals surface area (Å²) in [5.74, 6) is 1.02. The summed E-state index contributed by atoms with van der Waals surface area (Å²) < 4.78 is 23.0. The Morgan fingerprint density at radius 3 is 2.89 bits per heavy atom. The fourth-order valence-corrected chi connectivity index (χ4v) is 4.64. The smallest absolute Gasteiger partial charge is 0.150 e. The molecule has 2 heterocycles. The van der Waals surface area contributed by atoms with Crippen molar-refractivity contribution in [2.45, 2.75) is 32.2 Å². The Balaban J connectivity index is 1.93. The molecule has 0 bridgehead atoms. The summed E-state index contributed by atoms with van der Waals surface area (Å²) in [5, 5.41) is 3.45. The SMILES string of the molecule is CCNC(Cc1ccccn1)CC1CCS(=O)(=O)C1. The Kier molecular flexibility index (Phi) is 4.93. The molecular weight excluding hydrogens is 260 g/mol. The largest absolute Gasteiger partial charge is 0.314 e. The zero-order valence-corrected chi connectivity index (χ0v) is 12.2. The van der Waals surface area contributed by atoms with Crippen LogP contribution in [-0.2, 0) is 16.3 Å². The maximum Gasteiger partial charge on any atom is 0.150 e. The minimum absolute atomic E-state index is 0.303. The van der Waals surface area contributed by atoms with Crippen LogP contribution in [0.2, 0.25) is 0 Å². The molecule has 1 N–H and O–H groups in total. The van der Waals surface area contributed by atoms with E-state index in [0.29, 0.717) is 23.5 Å². The molecule has 0 aromatic carbocycles. The number of hydrogen-bond acceptors (Lipinski definition) is 4. The molecule has 1 aliphatic heterocycles. The Hall–Kier alpha value is -0.940. The third-order valence-corrected chi connectivity index (χ3v) is 5.46. The van der Waals surface area contributed by atoms with Crippen molar-refractivity contribution in [2.75, 3.05) is 18.1 Å². The van der Waals surface area contributed by atoms with Crippen molar-refractivity contribution in [3.63, 3.8) is 0 Å². The van der Waals surface area contributed by atoms with E-state index in [0.717, 1.165) is 31.5 Å². The van der Waals surface area contributed by atoms with Crippen LogP contribution in [0.5, 0.6) is 0 Å². The molecule has 2 unspecified atom stereocenters. The summed E-state index contributed by atoms with van der Waals surface area (Å²) >= 11 is 0. The molecule has 0 spiro atoms. The average molecular weight is 282 g/mol. The molecule has 5 heteroatoms. The number of aromatic nitrogens is 1. The summed E-state index contributed by atoms with van der Waals surface area (Å²) in [6.07, 6.45) is 4.40. The summed E-state index contributed by atoms with van der Waals surface area (Å²) in [6.45, 7) is 2.98. The van der Waals surface area contributed by atoms with Crippen LogP contribution in [0, 0.1) is 5.92 Å². The summed E-state index contributed by atoms with van der Waals surface area (Å²) in [5.41, 5.74) is 1.06. The van der Waals surface area contributed by atoms with E-state index in [4.69, 9.17) is 0 Å². The fourth-order valence-electron chi connectivity index (χ4n) is 2.76. The van der Waals surface area contributed by atoms with Crippen molar-refractivity contribution in [1.82, 2.24) is 10.3 Å². The molecule has 0 amide bonds. The lowest BCUT2D eigenvalue weighted by Crippen LogP contribution is -2.33. The van der Waals surface area contributed by atoms with Gasteiger partial charge in [0.2, 0.25) is 0 Å². The van der Waals surface area contributed by atoms with Gasteiger partial charge in [0.25, 0.3) is 0 Å². The van der Waals surface area contributed by atoms with E-state index in [-0.39, 0.29) is 0 Å². The van der Waals surface area contributed by atoms with Crippen LogP contribution in [-0.4, -0.2) is 37.5 Å². The fraction of sp³-hybridized carbons (Fsp3) is 0.643. The van der Waals surface area contributed by atoms with Crippen LogP contribution in [0.15, 0.2) is 24.4 Å². The number of sulfone groups is 1. The minimum Gasteiger partial charge on any atom is -0.314 e. The van der Waals surface area contributed by atoms with Crippen LogP contribution in [0.25, 0.3) is 0 Å². The zero-order valence-electron chi connectivity index (χ0n) is 11.4. The van der Waals surface area contributed by atoms with Crippen LogP contribution >= 0.6 is 0 Å². The highest BCUT2D eigenvalue weighted by molar-refractivity contribution is 7.91. The number of pyridine rings is 1. The van der Waals surface area contributed by atoms with Crippen molar-refractivity contribution in [2.24, 2.45) is 5.92 Å². The number of rotatable bonds is 6. The van der Waals surface area contributed by atoms with Crippen LogP contribution in [0.3, 0.4) is 0 Å². The maximum absolute atomic E-state index is 11.5. The van der Waals surface area contributed by atoms with E-state index in [1.54, 1.807) is 6.20 Å². The highest BCUT2D eigenvalue weighted by Crippen LogP contribution is 2.23. The van der Waals surface area contributed by atoms with Crippen molar-refractivity contribution < 1.29 is 8.42 Å². The van der Waals surface area contributed by atoms with E-state index < -0.39 is 9.84 Å². The lowest BCUT2D eigenvalue weighted by atomic mass is 9.96. The Bertz CT molecular complexity index is 487. The molecule has 0 saturated carbocycles. The molecular formula is C14H22N2O2S. The van der Waals surface area contributed by atoms with Gasteiger partial charge in [-0.25, -0.2) is 8.42 Å². The highest BCUT2D eigenvalue weighted by Gasteiger charge is 2.29. The molecule has 0 radical (unpaired) electrons. The van der Waals surface area contributed by atoms with Gasteiger partial charge < -0.3 is 5.32 Å². The van der Waals surface area contributed by atoms with E-state index >= 15 is 0 Å². The second-order valence-corrected chi connectivity index (χ2v) is 7.51. The standard InChI is InChI=1S/C14H22N2O2S/c1-2-15-14(10-13-5-3-4-7-16-13)9-12-6-8-19(17,18)11-12/h3-5,7,12,14-15H,2,6,8-11H2,1H3. The number of likely N-dealkylation sites (N-methyl/N-ethyl adjacent to an activating group) is 1. The van der Waals surface area contributed by atoms with Gasteiger partial charge in [-0.05, 0) is 37.4 Å². The molecule has 2 rings (SSSR count). The summed E-state index contributed by atoms with van der Waals surface area (Å²) in [7, 11) is -2.77. The number of nitrogens with one attached hydrogen (secondary N) is 1. The van der Waals surface area contributed by atoms with Crippen LogP contribution in [0.4, 0.5) is 0 Å². The van der Waals surface area contributed by atoms with E-state index in [1.165, 1.54) is 0 Å². The molecule has 2 atom stereocenters. The van der Waals surface area contributed by atoms with Gasteiger partial charge in [-0.2, -0.15) is 0 Å². The monoisotopic (exact) mass is 282 g/mol. The number of nitrogens with zero attached hydrogens (tertiary/aromatic N) is 1. The molecule has 19 heavy (non-hydrogen) atoms. The van der Waals surface area contributed by atoms with Crippen molar-refractivity contribution >= 4 is 9.84 Å². The van der Waals surface area contributed by atoms with Gasteiger partial charge in [0.15, 0.2) is 9.84 Å². The van der Waals surface area contributed by atoms with Gasteiger partial charge in [0.05, 0.1) is 11.5 Å². The first-order valence-electron chi connectivity index (χ1n) is 6.93. The predicted octanol–water partition coefficient (Wildman–Crippen LogP) is 1.43. The first-order valence-corrected chi connectivity index (χ1v) is 8.75. The highest BCUT2D eigenvalue weighted by atomic mass is 32.2. The van der Waals surface area contributed by atoms with Crippen LogP contribution in [0.1, 0.15) is 25.5 Å². The second kappa shape index (κ2) is 6.48. The molecule has 0 aliphatic carbocycles. The van der Waals surface area contributed by atoms with E-state index in [2.05, 4.69) is 17.2 Å². The van der Waals surface area contributed by atoms with E-state index in [1.807, 2.05) is 18.2 Å². The van der Waals surface area contributed by atoms with Gasteiger partial charge in [0.1, 0.15) is 0 Å². The Labute approximate surface area is 115 Å². The van der Waals surface area contributed by atoms with Crippen LogP contribution < -0.4 is 5.32 Å². The molecule has 1 saturated heterocycles. The second-order valence-electron chi connectivity index (χ2n) is 5.28. The molecule has 4 nitrogen and oxygen atoms in total. The first-order chi connectivity index (χ1) is 9.09. The quantitative estimate of drug-likeness (QED) is 0.857. The predicted molar refractivity (Wildman–Crippen MR) is 76.8 cm³/mol. The lowest BCUT2D eigenvalue weighted by molar-refractivity contribution is 0.407. The minimum atomic E-state index is -2.77. The normalized spacial score (nSPS) is 23.3. The van der Waals surface area contributed by atoms with Gasteiger partial charge in [-0.15, -0.1) is 0 Å². The summed E-state index contributed by atoms with van der Waals surface area (Å²) in [4.78, 5) is 4.35. The Morgan fingerprint density at radius 2 is 2.32 bits per heavy atom. The van der Waals surface area contributed by atoms with Gasteiger partial charge in [-0.3, -0.25) is 4.98 Å². The van der Waals surface area contributed by atoms with Gasteiger partial charge in [0, 0.05) is 24.4 Å². The third-order valence-electron chi connectivity index (χ3n) is 3.62.